The standard InChI is InChI=1S/C64H121NO4S.H3N/c1-5-7-9-11-13-15-17-19-21-22-23-24-25-26-27-28-29-30-31-32-33-34-35-36-37-39-40-42-44-46-48-50-56-61-60(54-52-57-62(61)64(3,4)70(67,68)69)55-53-59-65-63(66)58-51-49-47-45-43-41-38-20-18-16-14-12-10-8-6-2;/h52,54,57H,5-51,53,55-56,58-59H2,1-4H3,(H,65,66)(H,67,68,69);1H3. The molecular weight excluding hydrogens is 893 g/mol. The molecule has 1 aromatic rings. The zero-order valence-electron chi connectivity index (χ0n) is 48.5. The van der Waals surface area contributed by atoms with Gasteiger partial charge in [-0.2, -0.15) is 0 Å². The van der Waals surface area contributed by atoms with Gasteiger partial charge >= 0.3 is 0 Å². The van der Waals surface area contributed by atoms with E-state index in [1.54, 1.807) is 13.8 Å². The first-order valence-electron chi connectivity index (χ1n) is 31.5. The van der Waals surface area contributed by atoms with Crippen LogP contribution in [0, 0.1) is 0 Å². The predicted molar refractivity (Wildman–Crippen MR) is 313 cm³/mol. The van der Waals surface area contributed by atoms with Gasteiger partial charge in [-0.25, -0.2) is 8.42 Å². The average molecular weight is 1020 g/mol. The van der Waals surface area contributed by atoms with Gasteiger partial charge in [-0.15, -0.1) is 0 Å². The molecule has 0 aliphatic rings. The number of amides is 1. The molecule has 0 aliphatic heterocycles. The summed E-state index contributed by atoms with van der Waals surface area (Å²) in [4.78, 5) is 12.6. The van der Waals surface area contributed by atoms with Crippen molar-refractivity contribution in [2.75, 3.05) is 6.54 Å². The van der Waals surface area contributed by atoms with Crippen LogP contribution in [-0.4, -0.2) is 25.4 Å². The van der Waals surface area contributed by atoms with E-state index in [1.807, 2.05) is 12.1 Å². The smallest absolute Gasteiger partial charge is 0.219 e. The van der Waals surface area contributed by atoms with E-state index in [2.05, 4.69) is 25.2 Å². The number of quaternary nitrogens is 1. The summed E-state index contributed by atoms with van der Waals surface area (Å²) in [6.07, 6.45) is 67.3. The Morgan fingerprint density at radius 2 is 0.704 bits per heavy atom. The van der Waals surface area contributed by atoms with E-state index in [1.165, 1.54) is 276 Å². The molecular formula is C64H124N2O4S. The van der Waals surface area contributed by atoms with Crippen LogP contribution >= 0.6 is 0 Å². The van der Waals surface area contributed by atoms with Crippen molar-refractivity contribution in [3.8, 4) is 0 Å². The molecule has 0 bridgehead atoms. The first-order valence-corrected chi connectivity index (χ1v) is 32.9. The number of aryl methyl sites for hydroxylation is 1. The number of benzene rings is 1. The number of hydrogen-bond acceptors (Lipinski definition) is 4. The Balaban J connectivity index is 0.0000490. The molecule has 0 saturated heterocycles. The third kappa shape index (κ3) is 41.5. The average Bonchev–Trinajstić information content (AvgIpc) is 3.34. The fourth-order valence-electron chi connectivity index (χ4n) is 10.8. The van der Waals surface area contributed by atoms with Crippen LogP contribution in [-0.2, 0) is 32.5 Å². The summed E-state index contributed by atoms with van der Waals surface area (Å²) in [5, 5.41) is 3.12. The van der Waals surface area contributed by atoms with Crippen LogP contribution in [0.4, 0.5) is 0 Å². The monoisotopic (exact) mass is 1020 g/mol. The topological polar surface area (TPSA) is 123 Å². The largest absolute Gasteiger partial charge is 0.747 e. The maximum Gasteiger partial charge on any atom is 0.219 e. The number of hydrogen-bond donors (Lipinski definition) is 2. The molecule has 6 nitrogen and oxygen atoms in total. The minimum absolute atomic E-state index is 0. The van der Waals surface area contributed by atoms with Crippen molar-refractivity contribution in [3.63, 3.8) is 0 Å². The maximum absolute atomic E-state index is 12.6. The van der Waals surface area contributed by atoms with E-state index in [9.17, 15) is 17.8 Å². The number of carbonyl (C=O) groups is 1. The zero-order valence-corrected chi connectivity index (χ0v) is 49.4. The van der Waals surface area contributed by atoms with Gasteiger partial charge in [-0.05, 0) is 62.6 Å². The number of carbonyl (C=O) groups excluding carboxylic acids is 1. The number of rotatable bonds is 55. The summed E-state index contributed by atoms with van der Waals surface area (Å²) in [6, 6.07) is 5.84. The van der Waals surface area contributed by atoms with Crippen LogP contribution in [0.15, 0.2) is 18.2 Å². The highest BCUT2D eigenvalue weighted by Crippen LogP contribution is 2.34. The molecule has 0 spiro atoms. The molecule has 1 rings (SSSR count). The van der Waals surface area contributed by atoms with Crippen molar-refractivity contribution in [1.82, 2.24) is 11.5 Å². The molecule has 1 aromatic carbocycles. The zero-order chi connectivity index (χ0) is 50.9. The second kappa shape index (κ2) is 50.7. The highest BCUT2D eigenvalue weighted by Gasteiger charge is 2.31. The van der Waals surface area contributed by atoms with Crippen LogP contribution in [0.5, 0.6) is 0 Å². The fraction of sp³-hybridized carbons (Fsp3) is 0.891. The highest BCUT2D eigenvalue weighted by molar-refractivity contribution is 7.86. The Morgan fingerprint density at radius 3 is 1.00 bits per heavy atom. The van der Waals surface area contributed by atoms with Crippen molar-refractivity contribution in [2.45, 2.75) is 360 Å². The van der Waals surface area contributed by atoms with Crippen LogP contribution in [0.1, 0.15) is 359 Å². The van der Waals surface area contributed by atoms with E-state index in [0.717, 1.165) is 56.1 Å². The van der Waals surface area contributed by atoms with E-state index in [-0.39, 0.29) is 12.1 Å². The van der Waals surface area contributed by atoms with Crippen LogP contribution < -0.4 is 11.5 Å². The Kier molecular flexibility index (Phi) is 49.7. The lowest BCUT2D eigenvalue weighted by Crippen LogP contribution is -2.30. The van der Waals surface area contributed by atoms with Crippen molar-refractivity contribution in [1.29, 1.82) is 0 Å². The first kappa shape index (κ1) is 69.6. The third-order valence-electron chi connectivity index (χ3n) is 15.8. The van der Waals surface area contributed by atoms with E-state index < -0.39 is 14.9 Å². The van der Waals surface area contributed by atoms with E-state index in [0.29, 0.717) is 18.5 Å². The third-order valence-corrected chi connectivity index (χ3v) is 17.2. The SMILES string of the molecule is CCCCCCCCCCCCCCCCCCCCCCCCCCCCCCCCCCc1c(CCCNC(=O)CCCCCCCCCCCCCCCCC)cccc1C(C)(C)S(=O)(=O)[O-].[NH4+]. The lowest BCUT2D eigenvalue weighted by molar-refractivity contribution is -0.121. The van der Waals surface area contributed by atoms with Gasteiger partial charge in [0, 0.05) is 13.0 Å². The van der Waals surface area contributed by atoms with Gasteiger partial charge in [0.15, 0.2) is 0 Å². The Morgan fingerprint density at radius 1 is 0.423 bits per heavy atom. The van der Waals surface area contributed by atoms with Crippen LogP contribution in [0.2, 0.25) is 0 Å². The Hall–Kier alpha value is -1.44. The molecule has 0 unspecified atom stereocenters. The van der Waals surface area contributed by atoms with Gasteiger partial charge in [-0.3, -0.25) is 4.79 Å². The van der Waals surface area contributed by atoms with Gasteiger partial charge in [0.1, 0.15) is 10.1 Å². The quantitative estimate of drug-likeness (QED) is 0.0498. The fourth-order valence-corrected chi connectivity index (χ4v) is 11.3. The first-order chi connectivity index (χ1) is 34.1. The lowest BCUT2D eigenvalue weighted by Gasteiger charge is -2.32. The Bertz CT molecular complexity index is 1400. The summed E-state index contributed by atoms with van der Waals surface area (Å²) < 4.78 is 35.8. The number of nitrogens with one attached hydrogen (secondary N) is 1. The van der Waals surface area contributed by atoms with Crippen molar-refractivity contribution in [3.05, 3.63) is 34.9 Å². The van der Waals surface area contributed by atoms with Gasteiger partial charge in [0.2, 0.25) is 5.91 Å². The minimum Gasteiger partial charge on any atom is -0.747 e. The number of unbranched alkanes of at least 4 members (excludes halogenated alkanes) is 45. The summed E-state index contributed by atoms with van der Waals surface area (Å²) in [6.45, 7) is 8.31. The molecule has 7 heteroatoms. The predicted octanol–water partition coefficient (Wildman–Crippen LogP) is 21.2. The Labute approximate surface area is 444 Å². The van der Waals surface area contributed by atoms with E-state index >= 15 is 0 Å². The molecule has 0 fully saturated rings. The van der Waals surface area contributed by atoms with Gasteiger partial charge in [-0.1, -0.05) is 321 Å². The summed E-state index contributed by atoms with van der Waals surface area (Å²) >= 11 is 0. The molecule has 0 radical (unpaired) electrons. The molecule has 0 atom stereocenters. The molecule has 0 saturated carbocycles. The maximum atomic E-state index is 12.6. The molecule has 5 N–H and O–H groups in total. The van der Waals surface area contributed by atoms with Gasteiger partial charge in [0.25, 0.3) is 0 Å². The van der Waals surface area contributed by atoms with Crippen molar-refractivity contribution >= 4 is 16.0 Å². The molecule has 0 aliphatic carbocycles. The minimum atomic E-state index is -4.54. The van der Waals surface area contributed by atoms with Crippen LogP contribution in [0.25, 0.3) is 0 Å². The summed E-state index contributed by atoms with van der Waals surface area (Å²) in [5.74, 6) is 0.133. The second-order valence-electron chi connectivity index (χ2n) is 22.8. The summed E-state index contributed by atoms with van der Waals surface area (Å²) in [5.41, 5.74) is 2.80. The van der Waals surface area contributed by atoms with Crippen molar-refractivity contribution < 1.29 is 17.8 Å². The van der Waals surface area contributed by atoms with Crippen LogP contribution in [0.3, 0.4) is 0 Å². The molecule has 420 valence electrons. The highest BCUT2D eigenvalue weighted by atomic mass is 32.2. The normalized spacial score (nSPS) is 11.9. The molecule has 0 heterocycles. The molecule has 0 aromatic heterocycles. The lowest BCUT2D eigenvalue weighted by atomic mass is 9.88. The van der Waals surface area contributed by atoms with Gasteiger partial charge < -0.3 is 16.0 Å². The van der Waals surface area contributed by atoms with Gasteiger partial charge in [0.05, 0.1) is 4.75 Å². The summed E-state index contributed by atoms with van der Waals surface area (Å²) in [7, 11) is -4.54. The second-order valence-corrected chi connectivity index (χ2v) is 24.7. The van der Waals surface area contributed by atoms with Crippen molar-refractivity contribution in [2.24, 2.45) is 0 Å². The van der Waals surface area contributed by atoms with E-state index in [4.69, 9.17) is 0 Å². The molecule has 1 amide bonds. The molecule has 71 heavy (non-hydrogen) atoms.